The van der Waals surface area contributed by atoms with E-state index in [-0.39, 0.29) is 17.0 Å². The Morgan fingerprint density at radius 2 is 1.21 bits per heavy atom. The standard InChI is InChI=1S/C10H20O2.C5H8O.3C2H6/c1-7-10(5,6)8(11)12-9(2,3)4;6-5-3-1-2-4-5;3*1-2/h7H2,1-6H3;1-4H2;3*1-2H3. The number of carbonyl (C=O) groups excluding carboxylic acids is 2. The van der Waals surface area contributed by atoms with Gasteiger partial charge in [-0.05, 0) is 53.9 Å². The molecular formula is C21H46O3. The van der Waals surface area contributed by atoms with Gasteiger partial charge in [-0.3, -0.25) is 9.59 Å². The van der Waals surface area contributed by atoms with Crippen LogP contribution in [0.3, 0.4) is 0 Å². The average molecular weight is 347 g/mol. The van der Waals surface area contributed by atoms with Gasteiger partial charge < -0.3 is 4.74 Å². The van der Waals surface area contributed by atoms with Crippen molar-refractivity contribution >= 4 is 11.8 Å². The second-order valence-electron chi connectivity index (χ2n) is 6.49. The van der Waals surface area contributed by atoms with Crippen molar-refractivity contribution in [1.29, 1.82) is 0 Å². The maximum absolute atomic E-state index is 11.5. The third-order valence-corrected chi connectivity index (χ3v) is 3.00. The Hall–Kier alpha value is -0.860. The molecule has 148 valence electrons. The SMILES string of the molecule is CC.CC.CC.CCC(C)(C)C(=O)OC(C)(C)C.O=C1CCCC1. The van der Waals surface area contributed by atoms with Crippen LogP contribution in [-0.2, 0) is 14.3 Å². The minimum atomic E-state index is -0.372. The molecule has 1 saturated carbocycles. The number of rotatable bonds is 2. The first kappa shape index (κ1) is 31.0. The smallest absolute Gasteiger partial charge is 0.312 e. The highest BCUT2D eigenvalue weighted by Gasteiger charge is 2.30. The maximum Gasteiger partial charge on any atom is 0.312 e. The minimum Gasteiger partial charge on any atom is -0.460 e. The van der Waals surface area contributed by atoms with Crippen molar-refractivity contribution in [2.24, 2.45) is 5.41 Å². The van der Waals surface area contributed by atoms with Gasteiger partial charge in [0.1, 0.15) is 11.4 Å². The van der Waals surface area contributed by atoms with Crippen molar-refractivity contribution in [2.75, 3.05) is 0 Å². The molecule has 3 nitrogen and oxygen atoms in total. The van der Waals surface area contributed by atoms with E-state index < -0.39 is 0 Å². The highest BCUT2D eigenvalue weighted by molar-refractivity contribution is 5.80. The van der Waals surface area contributed by atoms with E-state index in [2.05, 4.69) is 0 Å². The van der Waals surface area contributed by atoms with Crippen LogP contribution in [0.1, 0.15) is 115 Å². The lowest BCUT2D eigenvalue weighted by molar-refractivity contribution is -0.165. The molecule has 0 N–H and O–H groups in total. The van der Waals surface area contributed by atoms with Crippen LogP contribution in [0.15, 0.2) is 0 Å². The summed E-state index contributed by atoms with van der Waals surface area (Å²) in [5.74, 6) is 0.340. The average Bonchev–Trinajstić information content (AvgIpc) is 3.03. The molecule has 0 radical (unpaired) electrons. The molecule has 0 spiro atoms. The van der Waals surface area contributed by atoms with E-state index in [1.165, 1.54) is 0 Å². The predicted molar refractivity (Wildman–Crippen MR) is 107 cm³/mol. The maximum atomic E-state index is 11.5. The predicted octanol–water partition coefficient (Wildman–Crippen LogP) is 6.97. The second-order valence-corrected chi connectivity index (χ2v) is 6.49. The number of hydrogen-bond donors (Lipinski definition) is 0. The first-order valence-corrected chi connectivity index (χ1v) is 9.83. The van der Waals surface area contributed by atoms with Gasteiger partial charge in [-0.25, -0.2) is 0 Å². The lowest BCUT2D eigenvalue weighted by Crippen LogP contribution is -2.33. The first-order chi connectivity index (χ1) is 11.1. The summed E-state index contributed by atoms with van der Waals surface area (Å²) in [7, 11) is 0. The van der Waals surface area contributed by atoms with Crippen molar-refractivity contribution < 1.29 is 14.3 Å². The van der Waals surface area contributed by atoms with E-state index in [1.54, 1.807) is 0 Å². The number of ketones is 1. The van der Waals surface area contributed by atoms with Gasteiger partial charge >= 0.3 is 5.97 Å². The van der Waals surface area contributed by atoms with Crippen molar-refractivity contribution in [2.45, 2.75) is 121 Å². The summed E-state index contributed by atoms with van der Waals surface area (Å²) >= 11 is 0. The van der Waals surface area contributed by atoms with Crippen LogP contribution >= 0.6 is 0 Å². The van der Waals surface area contributed by atoms with Crippen LogP contribution in [0.4, 0.5) is 0 Å². The summed E-state index contributed by atoms with van der Waals surface area (Å²) in [5.41, 5.74) is -0.725. The minimum absolute atomic E-state index is 0.113. The van der Waals surface area contributed by atoms with E-state index >= 15 is 0 Å². The van der Waals surface area contributed by atoms with Gasteiger partial charge in [-0.2, -0.15) is 0 Å². The van der Waals surface area contributed by atoms with Crippen molar-refractivity contribution in [3.8, 4) is 0 Å². The largest absolute Gasteiger partial charge is 0.460 e. The Kier molecular flexibility index (Phi) is 23.8. The second kappa shape index (κ2) is 18.5. The summed E-state index contributed by atoms with van der Waals surface area (Å²) in [6.07, 6.45) is 4.78. The molecule has 0 unspecified atom stereocenters. The molecule has 0 saturated heterocycles. The highest BCUT2D eigenvalue weighted by atomic mass is 16.6. The number of esters is 1. The Balaban J connectivity index is -0.000000139. The molecule has 0 bridgehead atoms. The topological polar surface area (TPSA) is 43.4 Å². The quantitative estimate of drug-likeness (QED) is 0.507. The third kappa shape index (κ3) is 21.1. The molecule has 0 heterocycles. The first-order valence-electron chi connectivity index (χ1n) is 9.83. The number of Topliss-reactive ketones (excluding diaryl/α,β-unsaturated/α-hetero) is 1. The third-order valence-electron chi connectivity index (χ3n) is 3.00. The zero-order valence-electron chi connectivity index (χ0n) is 18.8. The summed E-state index contributed by atoms with van der Waals surface area (Å²) in [5, 5.41) is 0. The molecular weight excluding hydrogens is 300 g/mol. The summed E-state index contributed by atoms with van der Waals surface area (Å²) < 4.78 is 5.25. The zero-order valence-corrected chi connectivity index (χ0v) is 18.8. The fraction of sp³-hybridized carbons (Fsp3) is 0.905. The van der Waals surface area contributed by atoms with Crippen LogP contribution < -0.4 is 0 Å². The van der Waals surface area contributed by atoms with E-state index in [9.17, 15) is 9.59 Å². The Bertz CT molecular complexity index is 278. The molecule has 24 heavy (non-hydrogen) atoms. The molecule has 1 fully saturated rings. The lowest BCUT2D eigenvalue weighted by Gasteiger charge is -2.27. The monoisotopic (exact) mass is 346 g/mol. The van der Waals surface area contributed by atoms with E-state index in [0.29, 0.717) is 5.78 Å². The molecule has 0 aromatic heterocycles. The molecule has 0 atom stereocenters. The Morgan fingerprint density at radius 1 is 0.875 bits per heavy atom. The fourth-order valence-corrected chi connectivity index (χ4v) is 1.33. The fourth-order valence-electron chi connectivity index (χ4n) is 1.33. The Morgan fingerprint density at radius 3 is 1.38 bits per heavy atom. The number of ether oxygens (including phenoxy) is 1. The number of hydrogen-bond acceptors (Lipinski definition) is 3. The highest BCUT2D eigenvalue weighted by Crippen LogP contribution is 2.24. The van der Waals surface area contributed by atoms with Gasteiger partial charge in [0.05, 0.1) is 5.41 Å². The van der Waals surface area contributed by atoms with E-state index in [4.69, 9.17) is 4.74 Å². The summed E-state index contributed by atoms with van der Waals surface area (Å²) in [6.45, 7) is 23.5. The summed E-state index contributed by atoms with van der Waals surface area (Å²) in [4.78, 5) is 21.7. The molecule has 1 rings (SSSR count). The van der Waals surface area contributed by atoms with Gasteiger partial charge in [0.2, 0.25) is 0 Å². The molecule has 1 aliphatic carbocycles. The van der Waals surface area contributed by atoms with E-state index in [1.807, 2.05) is 83.1 Å². The zero-order chi connectivity index (χ0) is 20.4. The van der Waals surface area contributed by atoms with Crippen LogP contribution in [0.2, 0.25) is 0 Å². The van der Waals surface area contributed by atoms with Gasteiger partial charge in [-0.15, -0.1) is 0 Å². The summed E-state index contributed by atoms with van der Waals surface area (Å²) in [6, 6.07) is 0. The molecule has 0 aromatic carbocycles. The molecule has 1 aliphatic rings. The molecule has 3 heteroatoms. The van der Waals surface area contributed by atoms with Gasteiger partial charge in [0.15, 0.2) is 0 Å². The lowest BCUT2D eigenvalue weighted by atomic mass is 9.90. The van der Waals surface area contributed by atoms with Crippen molar-refractivity contribution in [1.82, 2.24) is 0 Å². The van der Waals surface area contributed by atoms with Crippen molar-refractivity contribution in [3.05, 3.63) is 0 Å². The molecule has 0 aliphatic heterocycles. The van der Waals surface area contributed by atoms with Crippen LogP contribution in [0.25, 0.3) is 0 Å². The van der Waals surface area contributed by atoms with Gasteiger partial charge in [-0.1, -0.05) is 48.5 Å². The Labute approximate surface area is 152 Å². The van der Waals surface area contributed by atoms with Gasteiger partial charge in [0.25, 0.3) is 0 Å². The van der Waals surface area contributed by atoms with Crippen LogP contribution in [0.5, 0.6) is 0 Å². The van der Waals surface area contributed by atoms with Gasteiger partial charge in [0, 0.05) is 12.8 Å². The van der Waals surface area contributed by atoms with Crippen molar-refractivity contribution in [3.63, 3.8) is 0 Å². The van der Waals surface area contributed by atoms with E-state index in [0.717, 1.165) is 32.1 Å². The van der Waals surface area contributed by atoms with Crippen LogP contribution in [-0.4, -0.2) is 17.4 Å². The van der Waals surface area contributed by atoms with Crippen LogP contribution in [0, 0.1) is 5.41 Å². The molecule has 0 aromatic rings. The number of carbonyl (C=O) groups is 2. The molecule has 0 amide bonds. The normalized spacial score (nSPS) is 12.8.